The van der Waals surface area contributed by atoms with Crippen molar-refractivity contribution in [3.8, 4) is 0 Å². The number of esters is 1. The summed E-state index contributed by atoms with van der Waals surface area (Å²) in [7, 11) is 0. The Morgan fingerprint density at radius 3 is 2.57 bits per heavy atom. The number of nitrogens with two attached hydrogens (primary N) is 1. The minimum Gasteiger partial charge on any atom is -0.465 e. The van der Waals surface area contributed by atoms with Gasteiger partial charge in [0, 0.05) is 18.7 Å². The molecule has 0 aromatic heterocycles. The van der Waals surface area contributed by atoms with Crippen molar-refractivity contribution in [3.05, 3.63) is 29.8 Å². The summed E-state index contributed by atoms with van der Waals surface area (Å²) in [6, 6.07) is 7.21. The minimum atomic E-state index is -0.809. The minimum absolute atomic E-state index is 0.0299. The Balaban J connectivity index is 2.28. The third-order valence-electron chi connectivity index (χ3n) is 3.77. The second kappa shape index (κ2) is 6.16. The van der Waals surface area contributed by atoms with Crippen molar-refractivity contribution >= 4 is 17.6 Å². The summed E-state index contributed by atoms with van der Waals surface area (Å²) in [6.45, 7) is 4.63. The fourth-order valence-electron chi connectivity index (χ4n) is 2.47. The number of benzene rings is 1. The van der Waals surface area contributed by atoms with Gasteiger partial charge in [-0.3, -0.25) is 9.59 Å². The average Bonchev–Trinajstić information content (AvgIpc) is 2.47. The molecular weight excluding hydrogens is 268 g/mol. The first-order chi connectivity index (χ1) is 9.94. The van der Waals surface area contributed by atoms with Gasteiger partial charge in [0.25, 0.3) is 0 Å². The van der Waals surface area contributed by atoms with E-state index in [-0.39, 0.29) is 24.3 Å². The Labute approximate surface area is 124 Å². The van der Waals surface area contributed by atoms with Crippen LogP contribution in [-0.4, -0.2) is 25.0 Å². The fourth-order valence-corrected chi connectivity index (χ4v) is 2.47. The SMILES string of the molecule is CC(C)COC(=O)C1(c2ccc(N)cc2)CCC(=O)NC1. The quantitative estimate of drug-likeness (QED) is 0.652. The number of anilines is 1. The first kappa shape index (κ1) is 15.4. The first-order valence-corrected chi connectivity index (χ1v) is 7.24. The third-order valence-corrected chi connectivity index (χ3v) is 3.77. The van der Waals surface area contributed by atoms with Gasteiger partial charge in [-0.1, -0.05) is 26.0 Å². The van der Waals surface area contributed by atoms with E-state index in [1.807, 2.05) is 26.0 Å². The van der Waals surface area contributed by atoms with Crippen molar-refractivity contribution in [1.82, 2.24) is 5.32 Å². The van der Waals surface area contributed by atoms with Gasteiger partial charge in [-0.25, -0.2) is 0 Å². The molecule has 1 aromatic rings. The van der Waals surface area contributed by atoms with Gasteiger partial charge in [0.15, 0.2) is 0 Å². The fraction of sp³-hybridized carbons (Fsp3) is 0.500. The molecule has 5 nitrogen and oxygen atoms in total. The molecule has 2 rings (SSSR count). The molecule has 0 aliphatic carbocycles. The predicted octanol–water partition coefficient (Wildman–Crippen LogP) is 1.62. The van der Waals surface area contributed by atoms with Crippen LogP contribution in [0.5, 0.6) is 0 Å². The lowest BCUT2D eigenvalue weighted by atomic mass is 9.74. The third kappa shape index (κ3) is 3.35. The number of ether oxygens (including phenoxy) is 1. The molecule has 0 saturated carbocycles. The smallest absolute Gasteiger partial charge is 0.318 e. The van der Waals surface area contributed by atoms with E-state index < -0.39 is 5.41 Å². The van der Waals surface area contributed by atoms with Crippen molar-refractivity contribution in [2.45, 2.75) is 32.1 Å². The van der Waals surface area contributed by atoms with Gasteiger partial charge in [-0.2, -0.15) is 0 Å². The molecule has 3 N–H and O–H groups in total. The summed E-state index contributed by atoms with van der Waals surface area (Å²) >= 11 is 0. The van der Waals surface area contributed by atoms with Crippen LogP contribution in [-0.2, 0) is 19.7 Å². The highest BCUT2D eigenvalue weighted by Gasteiger charge is 2.44. The standard InChI is InChI=1S/C16H22N2O3/c1-11(2)9-21-15(20)16(8-7-14(19)18-10-16)12-3-5-13(17)6-4-12/h3-6,11H,7-10,17H2,1-2H3,(H,18,19). The van der Waals surface area contributed by atoms with E-state index in [1.54, 1.807) is 12.1 Å². The lowest BCUT2D eigenvalue weighted by Crippen LogP contribution is -2.52. The summed E-state index contributed by atoms with van der Waals surface area (Å²) in [5.41, 5.74) is 6.38. The highest BCUT2D eigenvalue weighted by atomic mass is 16.5. The largest absolute Gasteiger partial charge is 0.465 e. The number of hydrogen-bond donors (Lipinski definition) is 2. The summed E-state index contributed by atoms with van der Waals surface area (Å²) in [4.78, 5) is 24.1. The molecule has 1 fully saturated rings. The number of amides is 1. The highest BCUT2D eigenvalue weighted by Crippen LogP contribution is 2.33. The lowest BCUT2D eigenvalue weighted by Gasteiger charge is -2.35. The van der Waals surface area contributed by atoms with E-state index in [0.717, 1.165) is 5.56 Å². The van der Waals surface area contributed by atoms with Crippen LogP contribution < -0.4 is 11.1 Å². The molecule has 5 heteroatoms. The van der Waals surface area contributed by atoms with Crippen LogP contribution >= 0.6 is 0 Å². The highest BCUT2D eigenvalue weighted by molar-refractivity contribution is 5.88. The molecular formula is C16H22N2O3. The van der Waals surface area contributed by atoms with Crippen molar-refractivity contribution in [1.29, 1.82) is 0 Å². The van der Waals surface area contributed by atoms with Crippen molar-refractivity contribution in [3.63, 3.8) is 0 Å². The zero-order chi connectivity index (χ0) is 15.5. The molecule has 21 heavy (non-hydrogen) atoms. The van der Waals surface area contributed by atoms with Crippen LogP contribution in [0.3, 0.4) is 0 Å². The van der Waals surface area contributed by atoms with Gasteiger partial charge in [0.05, 0.1) is 6.61 Å². The molecule has 0 spiro atoms. The topological polar surface area (TPSA) is 81.4 Å². The van der Waals surface area contributed by atoms with Gasteiger partial charge in [0.2, 0.25) is 5.91 Å². The number of hydrogen-bond acceptors (Lipinski definition) is 4. The van der Waals surface area contributed by atoms with E-state index in [1.165, 1.54) is 0 Å². The Morgan fingerprint density at radius 2 is 2.05 bits per heavy atom. The lowest BCUT2D eigenvalue weighted by molar-refractivity contribution is -0.153. The Hall–Kier alpha value is -2.04. The van der Waals surface area contributed by atoms with Gasteiger partial charge in [-0.15, -0.1) is 0 Å². The molecule has 0 radical (unpaired) electrons. The number of nitrogens with one attached hydrogen (secondary N) is 1. The van der Waals surface area contributed by atoms with Gasteiger partial charge in [-0.05, 0) is 30.0 Å². The van der Waals surface area contributed by atoms with Crippen molar-refractivity contribution in [2.75, 3.05) is 18.9 Å². The van der Waals surface area contributed by atoms with Crippen LogP contribution in [0.4, 0.5) is 5.69 Å². The molecule has 0 bridgehead atoms. The molecule has 1 aliphatic rings. The van der Waals surface area contributed by atoms with Gasteiger partial charge in [0.1, 0.15) is 5.41 Å². The predicted molar refractivity (Wildman–Crippen MR) is 80.6 cm³/mol. The Morgan fingerprint density at radius 1 is 1.38 bits per heavy atom. The van der Waals surface area contributed by atoms with Gasteiger partial charge < -0.3 is 15.8 Å². The van der Waals surface area contributed by atoms with E-state index in [4.69, 9.17) is 10.5 Å². The number of carbonyl (C=O) groups excluding carboxylic acids is 2. The van der Waals surface area contributed by atoms with Crippen LogP contribution in [0.2, 0.25) is 0 Å². The molecule has 1 amide bonds. The van der Waals surface area contributed by atoms with Crippen LogP contribution in [0, 0.1) is 5.92 Å². The van der Waals surface area contributed by atoms with E-state index >= 15 is 0 Å². The normalized spacial score (nSPS) is 22.0. The number of carbonyl (C=O) groups is 2. The Kier molecular flexibility index (Phi) is 4.50. The maximum absolute atomic E-state index is 12.6. The van der Waals surface area contributed by atoms with Crippen molar-refractivity contribution in [2.24, 2.45) is 5.92 Å². The molecule has 1 aromatic carbocycles. The maximum Gasteiger partial charge on any atom is 0.318 e. The van der Waals surface area contributed by atoms with Crippen LogP contribution in [0.1, 0.15) is 32.3 Å². The van der Waals surface area contributed by atoms with Crippen LogP contribution in [0.25, 0.3) is 0 Å². The van der Waals surface area contributed by atoms with E-state index in [9.17, 15) is 9.59 Å². The molecule has 1 aliphatic heterocycles. The molecule has 1 heterocycles. The summed E-state index contributed by atoms with van der Waals surface area (Å²) in [5.74, 6) is -0.0331. The second-order valence-corrected chi connectivity index (χ2v) is 5.97. The van der Waals surface area contributed by atoms with E-state index in [0.29, 0.717) is 25.1 Å². The summed E-state index contributed by atoms with van der Waals surface area (Å²) in [6.07, 6.45) is 0.779. The number of nitrogen functional groups attached to an aromatic ring is 1. The van der Waals surface area contributed by atoms with Crippen molar-refractivity contribution < 1.29 is 14.3 Å². The van der Waals surface area contributed by atoms with E-state index in [2.05, 4.69) is 5.32 Å². The maximum atomic E-state index is 12.6. The van der Waals surface area contributed by atoms with Gasteiger partial charge >= 0.3 is 5.97 Å². The second-order valence-electron chi connectivity index (χ2n) is 5.97. The van der Waals surface area contributed by atoms with Crippen LogP contribution in [0.15, 0.2) is 24.3 Å². The monoisotopic (exact) mass is 290 g/mol. The average molecular weight is 290 g/mol. The molecule has 1 atom stereocenters. The Bertz CT molecular complexity index is 513. The molecule has 114 valence electrons. The number of piperidine rings is 1. The zero-order valence-electron chi connectivity index (χ0n) is 12.5. The summed E-state index contributed by atoms with van der Waals surface area (Å²) < 4.78 is 5.44. The molecule has 1 unspecified atom stereocenters. The first-order valence-electron chi connectivity index (χ1n) is 7.24. The summed E-state index contributed by atoms with van der Waals surface area (Å²) in [5, 5.41) is 2.78. The molecule has 1 saturated heterocycles. The zero-order valence-corrected chi connectivity index (χ0v) is 12.5. The number of rotatable bonds is 4.